The first-order valence-corrected chi connectivity index (χ1v) is 7.18. The molecule has 1 aliphatic rings. The van der Waals surface area contributed by atoms with Gasteiger partial charge in [0.25, 0.3) is 0 Å². The van der Waals surface area contributed by atoms with E-state index in [0.717, 1.165) is 6.54 Å². The molecule has 1 aromatic rings. The van der Waals surface area contributed by atoms with Crippen molar-refractivity contribution < 1.29 is 0 Å². The molecular weight excluding hydrogens is 222 g/mol. The second kappa shape index (κ2) is 5.04. The van der Waals surface area contributed by atoms with Gasteiger partial charge in [-0.15, -0.1) is 0 Å². The molecule has 0 saturated heterocycles. The highest BCUT2D eigenvalue weighted by molar-refractivity contribution is 5.06. The van der Waals surface area contributed by atoms with Crippen molar-refractivity contribution in [3.05, 3.63) is 18.0 Å². The molecule has 1 saturated carbocycles. The average Bonchev–Trinajstić information content (AvgIpc) is 2.76. The molecule has 1 N–H and O–H groups in total. The highest BCUT2D eigenvalue weighted by atomic mass is 15.3. The highest BCUT2D eigenvalue weighted by Crippen LogP contribution is 2.27. The Kier molecular flexibility index (Phi) is 3.81. The van der Waals surface area contributed by atoms with Crippen LogP contribution in [0.2, 0.25) is 0 Å². The largest absolute Gasteiger partial charge is 0.307 e. The first-order chi connectivity index (χ1) is 8.39. The van der Waals surface area contributed by atoms with Crippen LogP contribution in [0, 0.1) is 0 Å². The maximum absolute atomic E-state index is 4.45. The Morgan fingerprint density at radius 3 is 2.50 bits per heavy atom. The normalized spacial score (nSPS) is 20.0. The third kappa shape index (κ3) is 3.35. The fourth-order valence-corrected chi connectivity index (χ4v) is 2.64. The summed E-state index contributed by atoms with van der Waals surface area (Å²) in [5, 5.41) is 8.18. The first-order valence-electron chi connectivity index (χ1n) is 7.18. The minimum atomic E-state index is 0.0764. The standard InChI is InChI=1S/C15H27N3/c1-14(2,3)18-12-13(11-17-18)10-16-15(4)8-6-5-7-9-15/h11-12,16H,5-10H2,1-4H3. The van der Waals surface area contributed by atoms with E-state index in [1.165, 1.54) is 37.7 Å². The molecule has 1 heterocycles. The summed E-state index contributed by atoms with van der Waals surface area (Å²) in [4.78, 5) is 0. The molecule has 0 amide bonds. The Morgan fingerprint density at radius 1 is 1.28 bits per heavy atom. The van der Waals surface area contributed by atoms with Gasteiger partial charge in [-0.05, 0) is 40.5 Å². The Balaban J connectivity index is 1.92. The van der Waals surface area contributed by atoms with Crippen molar-refractivity contribution >= 4 is 0 Å². The van der Waals surface area contributed by atoms with E-state index in [1.54, 1.807) is 0 Å². The zero-order chi connectivity index (χ0) is 13.2. The van der Waals surface area contributed by atoms with E-state index < -0.39 is 0 Å². The van der Waals surface area contributed by atoms with Crippen LogP contribution < -0.4 is 5.32 Å². The zero-order valence-electron chi connectivity index (χ0n) is 12.3. The lowest BCUT2D eigenvalue weighted by molar-refractivity contribution is 0.252. The van der Waals surface area contributed by atoms with E-state index in [-0.39, 0.29) is 5.54 Å². The molecule has 0 aromatic carbocycles. The van der Waals surface area contributed by atoms with Crippen molar-refractivity contribution in [2.45, 2.75) is 77.4 Å². The van der Waals surface area contributed by atoms with Crippen LogP contribution in [-0.2, 0) is 12.1 Å². The van der Waals surface area contributed by atoms with Gasteiger partial charge in [-0.3, -0.25) is 4.68 Å². The molecular formula is C15H27N3. The van der Waals surface area contributed by atoms with Crippen LogP contribution in [0.15, 0.2) is 12.4 Å². The molecule has 18 heavy (non-hydrogen) atoms. The summed E-state index contributed by atoms with van der Waals surface area (Å²) in [6, 6.07) is 0. The molecule has 102 valence electrons. The van der Waals surface area contributed by atoms with Crippen molar-refractivity contribution in [1.82, 2.24) is 15.1 Å². The molecule has 2 rings (SSSR count). The summed E-state index contributed by atoms with van der Waals surface area (Å²) in [5.74, 6) is 0. The highest BCUT2D eigenvalue weighted by Gasteiger charge is 2.26. The SMILES string of the molecule is CC1(NCc2cnn(C(C)(C)C)c2)CCCCC1. The molecule has 3 nitrogen and oxygen atoms in total. The summed E-state index contributed by atoms with van der Waals surface area (Å²) in [6.45, 7) is 9.84. The first kappa shape index (κ1) is 13.6. The molecule has 1 aliphatic carbocycles. The van der Waals surface area contributed by atoms with Gasteiger partial charge in [-0.2, -0.15) is 5.10 Å². The Labute approximate surface area is 111 Å². The second-order valence-corrected chi connectivity index (χ2v) is 6.94. The predicted molar refractivity (Wildman–Crippen MR) is 75.6 cm³/mol. The molecule has 0 aliphatic heterocycles. The quantitative estimate of drug-likeness (QED) is 0.889. The molecule has 0 atom stereocenters. The number of hydrogen-bond donors (Lipinski definition) is 1. The molecule has 1 aromatic heterocycles. The van der Waals surface area contributed by atoms with Crippen LogP contribution in [0.1, 0.15) is 65.4 Å². The minimum absolute atomic E-state index is 0.0764. The van der Waals surface area contributed by atoms with Gasteiger partial charge in [0.1, 0.15) is 0 Å². The van der Waals surface area contributed by atoms with Crippen molar-refractivity contribution in [2.24, 2.45) is 0 Å². The van der Waals surface area contributed by atoms with E-state index >= 15 is 0 Å². The molecule has 0 unspecified atom stereocenters. The number of nitrogens with zero attached hydrogens (tertiary/aromatic N) is 2. The van der Waals surface area contributed by atoms with Crippen LogP contribution in [0.4, 0.5) is 0 Å². The van der Waals surface area contributed by atoms with Gasteiger partial charge < -0.3 is 5.32 Å². The topological polar surface area (TPSA) is 29.9 Å². The van der Waals surface area contributed by atoms with Gasteiger partial charge >= 0.3 is 0 Å². The summed E-state index contributed by atoms with van der Waals surface area (Å²) in [6.07, 6.45) is 10.9. The third-order valence-corrected chi connectivity index (χ3v) is 4.00. The maximum atomic E-state index is 4.45. The zero-order valence-corrected chi connectivity index (χ0v) is 12.3. The summed E-state index contributed by atoms with van der Waals surface area (Å²) in [7, 11) is 0. The molecule has 3 heteroatoms. The minimum Gasteiger partial charge on any atom is -0.307 e. The average molecular weight is 249 g/mol. The van der Waals surface area contributed by atoms with Gasteiger partial charge in [-0.25, -0.2) is 0 Å². The van der Waals surface area contributed by atoms with Gasteiger partial charge in [-0.1, -0.05) is 19.3 Å². The molecule has 0 radical (unpaired) electrons. The van der Waals surface area contributed by atoms with E-state index in [4.69, 9.17) is 0 Å². The lowest BCUT2D eigenvalue weighted by atomic mass is 9.83. The Morgan fingerprint density at radius 2 is 1.94 bits per heavy atom. The van der Waals surface area contributed by atoms with Gasteiger partial charge in [0.05, 0.1) is 11.7 Å². The van der Waals surface area contributed by atoms with E-state index in [1.807, 2.05) is 10.9 Å². The van der Waals surface area contributed by atoms with Crippen molar-refractivity contribution in [1.29, 1.82) is 0 Å². The number of aromatic nitrogens is 2. The third-order valence-electron chi connectivity index (χ3n) is 4.00. The van der Waals surface area contributed by atoms with Gasteiger partial charge in [0, 0.05) is 23.8 Å². The van der Waals surface area contributed by atoms with Crippen molar-refractivity contribution in [3.8, 4) is 0 Å². The number of rotatable bonds is 3. The fourth-order valence-electron chi connectivity index (χ4n) is 2.64. The lowest BCUT2D eigenvalue weighted by Crippen LogP contribution is -2.43. The van der Waals surface area contributed by atoms with Crippen molar-refractivity contribution in [3.63, 3.8) is 0 Å². The Bertz CT molecular complexity index is 381. The van der Waals surface area contributed by atoms with Gasteiger partial charge in [0.2, 0.25) is 0 Å². The molecule has 0 spiro atoms. The predicted octanol–water partition coefficient (Wildman–Crippen LogP) is 3.45. The van der Waals surface area contributed by atoms with E-state index in [0.29, 0.717) is 5.54 Å². The monoisotopic (exact) mass is 249 g/mol. The maximum Gasteiger partial charge on any atom is 0.0543 e. The van der Waals surface area contributed by atoms with Crippen LogP contribution >= 0.6 is 0 Å². The number of nitrogens with one attached hydrogen (secondary N) is 1. The Hall–Kier alpha value is -0.830. The smallest absolute Gasteiger partial charge is 0.0543 e. The summed E-state index contributed by atoms with van der Waals surface area (Å²) < 4.78 is 2.05. The lowest BCUT2D eigenvalue weighted by Gasteiger charge is -2.34. The van der Waals surface area contributed by atoms with Crippen LogP contribution in [0.25, 0.3) is 0 Å². The fraction of sp³-hybridized carbons (Fsp3) is 0.800. The summed E-state index contributed by atoms with van der Waals surface area (Å²) >= 11 is 0. The van der Waals surface area contributed by atoms with Crippen molar-refractivity contribution in [2.75, 3.05) is 0 Å². The van der Waals surface area contributed by atoms with E-state index in [9.17, 15) is 0 Å². The van der Waals surface area contributed by atoms with E-state index in [2.05, 4.69) is 44.3 Å². The number of hydrogen-bond acceptors (Lipinski definition) is 2. The molecule has 0 bridgehead atoms. The van der Waals surface area contributed by atoms with Crippen LogP contribution in [-0.4, -0.2) is 15.3 Å². The molecule has 1 fully saturated rings. The summed E-state index contributed by atoms with van der Waals surface area (Å²) in [5.41, 5.74) is 1.70. The van der Waals surface area contributed by atoms with Crippen LogP contribution in [0.3, 0.4) is 0 Å². The van der Waals surface area contributed by atoms with Crippen LogP contribution in [0.5, 0.6) is 0 Å². The second-order valence-electron chi connectivity index (χ2n) is 6.94. The van der Waals surface area contributed by atoms with Gasteiger partial charge in [0.15, 0.2) is 0 Å².